The van der Waals surface area contributed by atoms with Gasteiger partial charge in [0.15, 0.2) is 5.69 Å². The molecule has 104 valence electrons. The fraction of sp³-hybridized carbons (Fsp3) is 0.333. The van der Waals surface area contributed by atoms with Gasteiger partial charge >= 0.3 is 5.97 Å². The van der Waals surface area contributed by atoms with Gasteiger partial charge in [-0.1, -0.05) is 30.3 Å². The lowest BCUT2D eigenvalue weighted by atomic mass is 10.1. The third-order valence-corrected chi connectivity index (χ3v) is 4.60. The highest BCUT2D eigenvalue weighted by Gasteiger charge is 2.35. The summed E-state index contributed by atoms with van der Waals surface area (Å²) in [6.45, 7) is 0. The fourth-order valence-electron chi connectivity index (χ4n) is 2.28. The Morgan fingerprint density at radius 2 is 2.10 bits per heavy atom. The number of hydrogen-bond donors (Lipinski definition) is 1. The second-order valence-electron chi connectivity index (χ2n) is 4.89. The average Bonchev–Trinajstić information content (AvgIpc) is 3.18. The van der Waals surface area contributed by atoms with Gasteiger partial charge in [-0.3, -0.25) is 0 Å². The standard InChI is InChI=1S/C15H15NO3S/c1-19-12(9-7-8-9)14-16-11(15(17)18)13(20-14)10-5-3-2-4-6-10/h2-6,9,12H,7-8H2,1H3,(H,17,18). The summed E-state index contributed by atoms with van der Waals surface area (Å²) < 4.78 is 5.50. The minimum Gasteiger partial charge on any atom is -0.476 e. The van der Waals surface area contributed by atoms with Crippen LogP contribution in [0.3, 0.4) is 0 Å². The first-order chi connectivity index (χ1) is 9.70. The molecule has 1 aliphatic rings. The van der Waals surface area contributed by atoms with Crippen molar-refractivity contribution in [2.24, 2.45) is 5.92 Å². The van der Waals surface area contributed by atoms with Gasteiger partial charge in [0.2, 0.25) is 0 Å². The van der Waals surface area contributed by atoms with Gasteiger partial charge in [-0.15, -0.1) is 11.3 Å². The molecule has 2 aromatic rings. The van der Waals surface area contributed by atoms with Crippen LogP contribution in [0.15, 0.2) is 30.3 Å². The first kappa shape index (κ1) is 13.3. The van der Waals surface area contributed by atoms with Crippen LogP contribution in [0.5, 0.6) is 0 Å². The topological polar surface area (TPSA) is 59.4 Å². The molecular weight excluding hydrogens is 274 g/mol. The number of rotatable bonds is 5. The van der Waals surface area contributed by atoms with Crippen molar-refractivity contribution in [3.63, 3.8) is 0 Å². The van der Waals surface area contributed by atoms with Crippen LogP contribution < -0.4 is 0 Å². The molecule has 20 heavy (non-hydrogen) atoms. The predicted molar refractivity (Wildman–Crippen MR) is 77.0 cm³/mol. The molecular formula is C15H15NO3S. The summed E-state index contributed by atoms with van der Waals surface area (Å²) in [5, 5.41) is 10.1. The molecule has 1 atom stereocenters. The van der Waals surface area contributed by atoms with E-state index >= 15 is 0 Å². The maximum absolute atomic E-state index is 11.4. The Balaban J connectivity index is 2.04. The van der Waals surface area contributed by atoms with E-state index in [4.69, 9.17) is 4.74 Å². The van der Waals surface area contributed by atoms with E-state index in [0.717, 1.165) is 23.4 Å². The van der Waals surface area contributed by atoms with Crippen LogP contribution in [0.25, 0.3) is 10.4 Å². The molecule has 0 radical (unpaired) electrons. The number of methoxy groups -OCH3 is 1. The number of carboxylic acid groups (broad SMARTS) is 1. The lowest BCUT2D eigenvalue weighted by Gasteiger charge is -2.10. The zero-order chi connectivity index (χ0) is 14.1. The lowest BCUT2D eigenvalue weighted by Crippen LogP contribution is -2.05. The zero-order valence-electron chi connectivity index (χ0n) is 11.1. The van der Waals surface area contributed by atoms with Gasteiger partial charge in [-0.2, -0.15) is 0 Å². The Labute approximate surface area is 121 Å². The molecule has 4 nitrogen and oxygen atoms in total. The van der Waals surface area contributed by atoms with Crippen LogP contribution >= 0.6 is 11.3 Å². The fourth-order valence-corrected chi connectivity index (χ4v) is 3.52. The smallest absolute Gasteiger partial charge is 0.356 e. The molecule has 0 spiro atoms. The molecule has 1 aromatic heterocycles. The molecule has 5 heteroatoms. The van der Waals surface area contributed by atoms with Gasteiger partial charge in [0.05, 0.1) is 4.88 Å². The van der Waals surface area contributed by atoms with Crippen LogP contribution in [0, 0.1) is 5.92 Å². The predicted octanol–water partition coefficient (Wildman–Crippen LogP) is 3.61. The number of thiazole rings is 1. The highest BCUT2D eigenvalue weighted by atomic mass is 32.1. The molecule has 1 aromatic carbocycles. The van der Waals surface area contributed by atoms with Gasteiger partial charge in [0.25, 0.3) is 0 Å². The number of hydrogen-bond acceptors (Lipinski definition) is 4. The van der Waals surface area contributed by atoms with Gasteiger partial charge in [0.1, 0.15) is 11.1 Å². The zero-order valence-corrected chi connectivity index (χ0v) is 11.9. The van der Waals surface area contributed by atoms with E-state index < -0.39 is 5.97 Å². The number of ether oxygens (including phenoxy) is 1. The van der Waals surface area contributed by atoms with Gasteiger partial charge in [0, 0.05) is 7.11 Å². The number of aromatic nitrogens is 1. The van der Waals surface area contributed by atoms with Crippen molar-refractivity contribution in [1.29, 1.82) is 0 Å². The average molecular weight is 289 g/mol. The van der Waals surface area contributed by atoms with Crippen LogP contribution in [0.1, 0.15) is 34.4 Å². The lowest BCUT2D eigenvalue weighted by molar-refractivity contribution is 0.0686. The van der Waals surface area contributed by atoms with Gasteiger partial charge in [-0.05, 0) is 24.3 Å². The van der Waals surface area contributed by atoms with E-state index in [1.165, 1.54) is 11.3 Å². The third-order valence-electron chi connectivity index (χ3n) is 3.43. The molecule has 0 aliphatic heterocycles. The van der Waals surface area contributed by atoms with E-state index in [0.29, 0.717) is 10.8 Å². The highest BCUT2D eigenvalue weighted by molar-refractivity contribution is 7.15. The van der Waals surface area contributed by atoms with Crippen molar-refractivity contribution in [1.82, 2.24) is 4.98 Å². The van der Waals surface area contributed by atoms with Gasteiger partial charge < -0.3 is 9.84 Å². The maximum atomic E-state index is 11.4. The Hall–Kier alpha value is -1.72. The summed E-state index contributed by atoms with van der Waals surface area (Å²) in [5.41, 5.74) is 1.01. The van der Waals surface area contributed by atoms with Crippen molar-refractivity contribution >= 4 is 17.3 Å². The Morgan fingerprint density at radius 3 is 2.65 bits per heavy atom. The molecule has 0 bridgehead atoms. The number of nitrogens with zero attached hydrogens (tertiary/aromatic N) is 1. The molecule has 1 heterocycles. The molecule has 1 aliphatic carbocycles. The maximum Gasteiger partial charge on any atom is 0.356 e. The summed E-state index contributed by atoms with van der Waals surface area (Å²) in [6.07, 6.45) is 2.18. The van der Waals surface area contributed by atoms with Crippen LogP contribution in [0.4, 0.5) is 0 Å². The second kappa shape index (κ2) is 5.34. The molecule has 0 amide bonds. The molecule has 1 fully saturated rings. The van der Waals surface area contributed by atoms with E-state index in [1.54, 1.807) is 7.11 Å². The minimum atomic E-state index is -0.989. The van der Waals surface area contributed by atoms with Crippen LogP contribution in [-0.4, -0.2) is 23.2 Å². The monoisotopic (exact) mass is 289 g/mol. The van der Waals surface area contributed by atoms with Gasteiger partial charge in [-0.25, -0.2) is 9.78 Å². The Bertz CT molecular complexity index is 619. The SMILES string of the molecule is COC(c1nc(C(=O)O)c(-c2ccccc2)s1)C1CC1. The number of carbonyl (C=O) groups is 1. The van der Waals surface area contributed by atoms with E-state index in [-0.39, 0.29) is 11.8 Å². The summed E-state index contributed by atoms with van der Waals surface area (Å²) in [7, 11) is 1.66. The van der Waals surface area contributed by atoms with Crippen LogP contribution in [0.2, 0.25) is 0 Å². The normalized spacial score (nSPS) is 16.1. The van der Waals surface area contributed by atoms with E-state index in [2.05, 4.69) is 4.98 Å². The molecule has 3 rings (SSSR count). The molecule has 1 N–H and O–H groups in total. The Kier molecular flexibility index (Phi) is 3.54. The first-order valence-electron chi connectivity index (χ1n) is 6.53. The molecule has 1 saturated carbocycles. The van der Waals surface area contributed by atoms with Crippen molar-refractivity contribution in [3.05, 3.63) is 41.0 Å². The van der Waals surface area contributed by atoms with Crippen molar-refractivity contribution in [2.45, 2.75) is 18.9 Å². The number of benzene rings is 1. The number of aromatic carboxylic acids is 1. The minimum absolute atomic E-state index is 0.0736. The van der Waals surface area contributed by atoms with Crippen LogP contribution in [-0.2, 0) is 4.74 Å². The summed E-state index contributed by atoms with van der Waals surface area (Å²) in [6, 6.07) is 9.52. The second-order valence-corrected chi connectivity index (χ2v) is 5.93. The molecule has 0 saturated heterocycles. The van der Waals surface area contributed by atoms with E-state index in [1.807, 2.05) is 30.3 Å². The summed E-state index contributed by atoms with van der Waals surface area (Å²) >= 11 is 1.42. The van der Waals surface area contributed by atoms with Crippen molar-refractivity contribution in [3.8, 4) is 10.4 Å². The quantitative estimate of drug-likeness (QED) is 0.913. The first-order valence-corrected chi connectivity index (χ1v) is 7.34. The van der Waals surface area contributed by atoms with E-state index in [9.17, 15) is 9.90 Å². The Morgan fingerprint density at radius 1 is 1.40 bits per heavy atom. The summed E-state index contributed by atoms with van der Waals surface area (Å²) in [4.78, 5) is 16.4. The largest absolute Gasteiger partial charge is 0.476 e. The van der Waals surface area contributed by atoms with Crippen molar-refractivity contribution < 1.29 is 14.6 Å². The molecule has 1 unspecified atom stereocenters. The summed E-state index contributed by atoms with van der Waals surface area (Å²) in [5.74, 6) is -0.506. The highest BCUT2D eigenvalue weighted by Crippen LogP contribution is 2.45. The number of carboxylic acids is 1. The van der Waals surface area contributed by atoms with Crippen molar-refractivity contribution in [2.75, 3.05) is 7.11 Å². The third kappa shape index (κ3) is 2.46.